The van der Waals surface area contributed by atoms with Gasteiger partial charge in [-0.2, -0.15) is 0 Å². The Hall–Kier alpha value is -1.80. The topological polar surface area (TPSA) is 123 Å². The Morgan fingerprint density at radius 3 is 1.45 bits per heavy atom. The van der Waals surface area contributed by atoms with E-state index in [1.807, 2.05) is 0 Å². The molecule has 0 bridgehead atoms. The van der Waals surface area contributed by atoms with Crippen LogP contribution in [0.3, 0.4) is 0 Å². The lowest BCUT2D eigenvalue weighted by Gasteiger charge is -2.04. The molecule has 8 nitrogen and oxygen atoms in total. The third kappa shape index (κ3) is 10.2. The van der Waals surface area contributed by atoms with Crippen molar-refractivity contribution in [2.24, 2.45) is 9.98 Å². The first-order valence-corrected chi connectivity index (χ1v) is 6.35. The maximum atomic E-state index is 10.4. The predicted octanol–water partition coefficient (Wildman–Crippen LogP) is -0.743. The SMILES string of the molecule is CC(=NCCNCCNCCN=C(C)C(=O)O)C(=O)O. The first-order valence-electron chi connectivity index (χ1n) is 6.35. The van der Waals surface area contributed by atoms with Gasteiger partial charge in [-0.15, -0.1) is 0 Å². The third-order valence-corrected chi connectivity index (χ3v) is 2.37. The van der Waals surface area contributed by atoms with Crippen molar-refractivity contribution >= 4 is 23.4 Å². The molecule has 0 unspecified atom stereocenters. The number of hydrogen-bond donors (Lipinski definition) is 4. The van der Waals surface area contributed by atoms with Crippen LogP contribution in [-0.2, 0) is 9.59 Å². The van der Waals surface area contributed by atoms with Crippen LogP contribution in [0.25, 0.3) is 0 Å². The van der Waals surface area contributed by atoms with Gasteiger partial charge in [-0.1, -0.05) is 0 Å². The molecule has 0 atom stereocenters. The van der Waals surface area contributed by atoms with E-state index in [1.165, 1.54) is 13.8 Å². The highest BCUT2D eigenvalue weighted by Gasteiger charge is 2.00. The van der Waals surface area contributed by atoms with Crippen molar-refractivity contribution < 1.29 is 19.8 Å². The molecule has 0 rings (SSSR count). The van der Waals surface area contributed by atoms with Crippen LogP contribution in [-0.4, -0.2) is 72.8 Å². The van der Waals surface area contributed by atoms with Crippen LogP contribution in [0.2, 0.25) is 0 Å². The van der Waals surface area contributed by atoms with Gasteiger partial charge >= 0.3 is 11.9 Å². The molecule has 0 aliphatic carbocycles. The molecule has 0 aromatic rings. The number of carboxylic acids is 2. The van der Waals surface area contributed by atoms with Gasteiger partial charge in [0.25, 0.3) is 0 Å². The molecular formula is C12H22N4O4. The van der Waals surface area contributed by atoms with Gasteiger partial charge in [0.2, 0.25) is 0 Å². The van der Waals surface area contributed by atoms with Gasteiger partial charge in [-0.05, 0) is 13.8 Å². The summed E-state index contributed by atoms with van der Waals surface area (Å²) in [6.45, 7) is 6.46. The largest absolute Gasteiger partial charge is 0.477 e. The molecule has 0 saturated carbocycles. The molecule has 0 aliphatic rings. The van der Waals surface area contributed by atoms with Crippen LogP contribution in [0.1, 0.15) is 13.8 Å². The summed E-state index contributed by atoms with van der Waals surface area (Å²) in [5, 5.41) is 23.4. The minimum atomic E-state index is -0.996. The summed E-state index contributed by atoms with van der Waals surface area (Å²) in [7, 11) is 0. The van der Waals surface area contributed by atoms with E-state index in [0.717, 1.165) is 13.1 Å². The molecule has 20 heavy (non-hydrogen) atoms. The predicted molar refractivity (Wildman–Crippen MR) is 77.0 cm³/mol. The quantitative estimate of drug-likeness (QED) is 0.293. The zero-order chi connectivity index (χ0) is 15.4. The maximum absolute atomic E-state index is 10.4. The number of rotatable bonds is 11. The standard InChI is InChI=1S/C12H22N4O4/c1-9(11(17)18)15-7-5-13-3-4-14-6-8-16-10(2)12(19)20/h13-14H,3-8H2,1-2H3,(H,17,18)(H,19,20). The summed E-state index contributed by atoms with van der Waals surface area (Å²) in [5.41, 5.74) is 0.216. The van der Waals surface area contributed by atoms with Crippen molar-refractivity contribution in [3.05, 3.63) is 0 Å². The maximum Gasteiger partial charge on any atom is 0.349 e. The van der Waals surface area contributed by atoms with Gasteiger partial charge in [0, 0.05) is 26.2 Å². The van der Waals surface area contributed by atoms with Crippen molar-refractivity contribution in [1.29, 1.82) is 0 Å². The van der Waals surface area contributed by atoms with Crippen LogP contribution in [0.5, 0.6) is 0 Å². The third-order valence-electron chi connectivity index (χ3n) is 2.37. The highest BCUT2D eigenvalue weighted by atomic mass is 16.4. The van der Waals surface area contributed by atoms with Crippen LogP contribution >= 0.6 is 0 Å². The molecule has 0 fully saturated rings. The molecule has 0 aromatic carbocycles. The van der Waals surface area contributed by atoms with Gasteiger partial charge in [-0.3, -0.25) is 9.98 Å². The number of aliphatic imine (C=N–C) groups is 2. The second-order valence-electron chi connectivity index (χ2n) is 4.04. The molecule has 4 N–H and O–H groups in total. The average molecular weight is 286 g/mol. The lowest BCUT2D eigenvalue weighted by atomic mass is 10.4. The molecular weight excluding hydrogens is 264 g/mol. The summed E-state index contributed by atoms with van der Waals surface area (Å²) in [5.74, 6) is -1.99. The zero-order valence-corrected chi connectivity index (χ0v) is 11.8. The van der Waals surface area contributed by atoms with E-state index in [2.05, 4.69) is 20.6 Å². The van der Waals surface area contributed by atoms with E-state index in [1.54, 1.807) is 0 Å². The van der Waals surface area contributed by atoms with E-state index in [0.29, 0.717) is 26.2 Å². The molecule has 0 aromatic heterocycles. The Morgan fingerprint density at radius 1 is 0.800 bits per heavy atom. The van der Waals surface area contributed by atoms with Crippen LogP contribution in [0.4, 0.5) is 0 Å². The average Bonchev–Trinajstić information content (AvgIpc) is 2.39. The molecule has 114 valence electrons. The lowest BCUT2D eigenvalue weighted by Crippen LogP contribution is -2.30. The van der Waals surface area contributed by atoms with Crippen LogP contribution < -0.4 is 10.6 Å². The summed E-state index contributed by atoms with van der Waals surface area (Å²) >= 11 is 0. The van der Waals surface area contributed by atoms with Gasteiger partial charge < -0.3 is 20.8 Å². The Morgan fingerprint density at radius 2 is 1.15 bits per heavy atom. The number of aliphatic carboxylic acids is 2. The Kier molecular flexibility index (Phi) is 10.1. The van der Waals surface area contributed by atoms with E-state index in [-0.39, 0.29) is 11.4 Å². The summed E-state index contributed by atoms with van der Waals surface area (Å²) in [4.78, 5) is 28.6. The molecule has 0 saturated heterocycles. The first-order chi connectivity index (χ1) is 9.45. The molecule has 0 heterocycles. The van der Waals surface area contributed by atoms with Crippen LogP contribution in [0.15, 0.2) is 9.98 Å². The number of nitrogens with one attached hydrogen (secondary N) is 2. The van der Waals surface area contributed by atoms with Crippen molar-refractivity contribution in [3.8, 4) is 0 Å². The summed E-state index contributed by atoms with van der Waals surface area (Å²) < 4.78 is 0. The molecule has 0 spiro atoms. The summed E-state index contributed by atoms with van der Waals surface area (Å²) in [6.07, 6.45) is 0. The highest BCUT2D eigenvalue weighted by Crippen LogP contribution is 1.78. The van der Waals surface area contributed by atoms with Crippen molar-refractivity contribution in [2.45, 2.75) is 13.8 Å². The fourth-order valence-corrected chi connectivity index (χ4v) is 1.17. The molecule has 0 amide bonds. The normalized spacial score (nSPS) is 12.5. The van der Waals surface area contributed by atoms with Crippen LogP contribution in [0, 0.1) is 0 Å². The Balaban J connectivity index is 3.42. The summed E-state index contributed by atoms with van der Waals surface area (Å²) in [6, 6.07) is 0. The molecule has 0 aliphatic heterocycles. The number of hydrogen-bond acceptors (Lipinski definition) is 6. The number of nitrogens with zero attached hydrogens (tertiary/aromatic N) is 2. The van der Waals surface area contributed by atoms with Gasteiger partial charge in [0.15, 0.2) is 0 Å². The van der Waals surface area contributed by atoms with E-state index < -0.39 is 11.9 Å². The Bertz CT molecular complexity index is 344. The highest BCUT2D eigenvalue weighted by molar-refractivity contribution is 6.34. The smallest absolute Gasteiger partial charge is 0.349 e. The van der Waals surface area contributed by atoms with E-state index >= 15 is 0 Å². The second-order valence-corrected chi connectivity index (χ2v) is 4.04. The van der Waals surface area contributed by atoms with Crippen molar-refractivity contribution in [1.82, 2.24) is 10.6 Å². The lowest BCUT2D eigenvalue weighted by molar-refractivity contribution is -0.130. The van der Waals surface area contributed by atoms with Gasteiger partial charge in [-0.25, -0.2) is 9.59 Å². The van der Waals surface area contributed by atoms with Gasteiger partial charge in [0.05, 0.1) is 13.1 Å². The number of carbonyl (C=O) groups is 2. The molecule has 8 heteroatoms. The fourth-order valence-electron chi connectivity index (χ4n) is 1.17. The van der Waals surface area contributed by atoms with Gasteiger partial charge in [0.1, 0.15) is 11.4 Å². The Labute approximate surface area is 118 Å². The zero-order valence-electron chi connectivity index (χ0n) is 11.8. The number of carboxylic acid groups (broad SMARTS) is 2. The monoisotopic (exact) mass is 286 g/mol. The second kappa shape index (κ2) is 11.1. The van der Waals surface area contributed by atoms with Crippen molar-refractivity contribution in [2.75, 3.05) is 39.3 Å². The van der Waals surface area contributed by atoms with E-state index in [4.69, 9.17) is 10.2 Å². The first kappa shape index (κ1) is 18.2. The van der Waals surface area contributed by atoms with Crippen molar-refractivity contribution in [3.63, 3.8) is 0 Å². The minimum Gasteiger partial charge on any atom is -0.477 e. The van der Waals surface area contributed by atoms with E-state index in [9.17, 15) is 9.59 Å². The fraction of sp³-hybridized carbons (Fsp3) is 0.667. The minimum absolute atomic E-state index is 0.108. The molecule has 0 radical (unpaired) electrons.